The van der Waals surface area contributed by atoms with Crippen molar-refractivity contribution >= 4 is 34.6 Å². The Morgan fingerprint density at radius 1 is 1.50 bits per heavy atom. The van der Waals surface area contributed by atoms with Crippen LogP contribution < -0.4 is 5.32 Å². The van der Waals surface area contributed by atoms with Crippen molar-refractivity contribution in [3.05, 3.63) is 39.0 Å². The highest BCUT2D eigenvalue weighted by molar-refractivity contribution is 14.1. The van der Waals surface area contributed by atoms with Crippen molar-refractivity contribution < 1.29 is 9.53 Å². The van der Waals surface area contributed by atoms with Gasteiger partial charge in [-0.3, -0.25) is 4.79 Å². The number of carbonyl (C=O) groups excluding carboxylic acids is 1. The van der Waals surface area contributed by atoms with Crippen LogP contribution in [0.5, 0.6) is 0 Å². The molecule has 0 aliphatic heterocycles. The third-order valence-corrected chi connectivity index (χ3v) is 3.51. The van der Waals surface area contributed by atoms with Crippen LogP contribution in [0.1, 0.15) is 18.9 Å². The maximum atomic E-state index is 11.9. The number of hydrogen-bond acceptors (Lipinski definition) is 3. The van der Waals surface area contributed by atoms with Crippen molar-refractivity contribution in [1.82, 2.24) is 5.32 Å². The molecule has 0 fully saturated rings. The van der Waals surface area contributed by atoms with Gasteiger partial charge in [-0.2, -0.15) is 5.26 Å². The maximum Gasteiger partial charge on any atom is 0.261 e. The Kier molecular flexibility index (Phi) is 7.92. The van der Waals surface area contributed by atoms with E-state index in [-0.39, 0.29) is 11.5 Å². The first-order chi connectivity index (χ1) is 9.69. The van der Waals surface area contributed by atoms with Crippen LogP contribution in [0.2, 0.25) is 0 Å². The van der Waals surface area contributed by atoms with Crippen LogP contribution in [-0.2, 0) is 9.53 Å². The molecule has 4 nitrogen and oxygen atoms in total. The number of benzene rings is 1. The smallest absolute Gasteiger partial charge is 0.261 e. The molecule has 0 bridgehead atoms. The molecule has 0 saturated carbocycles. The number of hydrogen-bond donors (Lipinski definition) is 1. The number of nitriles is 1. The molecule has 0 aliphatic rings. The quantitative estimate of drug-likeness (QED) is 0.340. The van der Waals surface area contributed by atoms with Crippen LogP contribution in [0, 0.1) is 14.9 Å². The lowest BCUT2D eigenvalue weighted by Crippen LogP contribution is -2.26. The highest BCUT2D eigenvalue weighted by Crippen LogP contribution is 2.15. The van der Waals surface area contributed by atoms with Gasteiger partial charge in [-0.1, -0.05) is 18.2 Å². The molecule has 20 heavy (non-hydrogen) atoms. The number of amides is 1. The summed E-state index contributed by atoms with van der Waals surface area (Å²) in [6.45, 7) is 3.71. The molecule has 0 radical (unpaired) electrons. The summed E-state index contributed by atoms with van der Waals surface area (Å²) >= 11 is 2.18. The topological polar surface area (TPSA) is 62.1 Å². The van der Waals surface area contributed by atoms with Gasteiger partial charge in [0.15, 0.2) is 0 Å². The Balaban J connectivity index is 2.60. The van der Waals surface area contributed by atoms with Gasteiger partial charge in [0.25, 0.3) is 5.91 Å². The van der Waals surface area contributed by atoms with Crippen molar-refractivity contribution in [2.24, 2.45) is 0 Å². The van der Waals surface area contributed by atoms with E-state index in [9.17, 15) is 4.79 Å². The molecule has 1 aromatic carbocycles. The third-order valence-electron chi connectivity index (χ3n) is 2.53. The van der Waals surface area contributed by atoms with Gasteiger partial charge < -0.3 is 10.1 Å². The molecule has 0 unspecified atom stereocenters. The SMILES string of the molecule is CCOCCCNC(=O)/C(C#N)=C\c1ccccc1I. The second kappa shape index (κ2) is 9.50. The van der Waals surface area contributed by atoms with Crippen LogP contribution >= 0.6 is 22.6 Å². The van der Waals surface area contributed by atoms with Crippen molar-refractivity contribution in [3.8, 4) is 6.07 Å². The summed E-state index contributed by atoms with van der Waals surface area (Å²) in [6, 6.07) is 9.55. The van der Waals surface area contributed by atoms with E-state index in [4.69, 9.17) is 10.00 Å². The minimum absolute atomic E-state index is 0.116. The molecule has 1 rings (SSSR count). The average molecular weight is 384 g/mol. The predicted molar refractivity (Wildman–Crippen MR) is 86.9 cm³/mol. The minimum atomic E-state index is -0.344. The van der Waals surface area contributed by atoms with Gasteiger partial charge in [-0.25, -0.2) is 0 Å². The van der Waals surface area contributed by atoms with Gasteiger partial charge in [-0.15, -0.1) is 0 Å². The maximum absolute atomic E-state index is 11.9. The van der Waals surface area contributed by atoms with E-state index in [1.54, 1.807) is 6.08 Å². The zero-order valence-electron chi connectivity index (χ0n) is 11.4. The fourth-order valence-corrected chi connectivity index (χ4v) is 2.06. The molecule has 0 heterocycles. The lowest BCUT2D eigenvalue weighted by molar-refractivity contribution is -0.117. The lowest BCUT2D eigenvalue weighted by atomic mass is 10.1. The Morgan fingerprint density at radius 3 is 2.90 bits per heavy atom. The van der Waals surface area contributed by atoms with E-state index < -0.39 is 0 Å². The minimum Gasteiger partial charge on any atom is -0.382 e. The zero-order valence-corrected chi connectivity index (χ0v) is 13.5. The summed E-state index contributed by atoms with van der Waals surface area (Å²) in [7, 11) is 0. The van der Waals surface area contributed by atoms with Gasteiger partial charge in [-0.05, 0) is 53.6 Å². The molecular formula is C15H17IN2O2. The second-order valence-electron chi connectivity index (χ2n) is 4.00. The van der Waals surface area contributed by atoms with Crippen LogP contribution in [0.3, 0.4) is 0 Å². The van der Waals surface area contributed by atoms with E-state index in [1.165, 1.54) is 0 Å². The summed E-state index contributed by atoms with van der Waals surface area (Å²) in [4.78, 5) is 11.9. The van der Waals surface area contributed by atoms with Crippen LogP contribution in [0.15, 0.2) is 29.8 Å². The van der Waals surface area contributed by atoms with Gasteiger partial charge in [0.2, 0.25) is 0 Å². The van der Waals surface area contributed by atoms with Crippen molar-refractivity contribution in [3.63, 3.8) is 0 Å². The highest BCUT2D eigenvalue weighted by atomic mass is 127. The molecule has 106 valence electrons. The molecule has 0 spiro atoms. The summed E-state index contributed by atoms with van der Waals surface area (Å²) in [5.74, 6) is -0.344. The standard InChI is InChI=1S/C15H17IN2O2/c1-2-20-9-5-8-18-15(19)13(11-17)10-12-6-3-4-7-14(12)16/h3-4,6-7,10H,2,5,8-9H2,1H3,(H,18,19)/b13-10-. The van der Waals surface area contributed by atoms with E-state index in [0.29, 0.717) is 19.8 Å². The molecular weight excluding hydrogens is 367 g/mol. The second-order valence-corrected chi connectivity index (χ2v) is 5.16. The molecule has 0 atom stereocenters. The molecule has 5 heteroatoms. The van der Waals surface area contributed by atoms with E-state index in [1.807, 2.05) is 37.3 Å². The van der Waals surface area contributed by atoms with Gasteiger partial charge >= 0.3 is 0 Å². The summed E-state index contributed by atoms with van der Waals surface area (Å²) < 4.78 is 6.18. The first-order valence-electron chi connectivity index (χ1n) is 6.41. The van der Waals surface area contributed by atoms with Crippen molar-refractivity contribution in [2.75, 3.05) is 19.8 Å². The summed E-state index contributed by atoms with van der Waals surface area (Å²) in [5, 5.41) is 11.8. The monoisotopic (exact) mass is 384 g/mol. The van der Waals surface area contributed by atoms with Crippen LogP contribution in [0.4, 0.5) is 0 Å². The number of nitrogens with one attached hydrogen (secondary N) is 1. The Hall–Kier alpha value is -1.39. The first-order valence-corrected chi connectivity index (χ1v) is 7.49. The molecule has 1 amide bonds. The molecule has 0 aromatic heterocycles. The summed E-state index contributed by atoms with van der Waals surface area (Å²) in [5.41, 5.74) is 0.986. The molecule has 1 N–H and O–H groups in total. The largest absolute Gasteiger partial charge is 0.382 e. The zero-order chi connectivity index (χ0) is 14.8. The molecule has 0 aliphatic carbocycles. The van der Waals surface area contributed by atoms with E-state index >= 15 is 0 Å². The fraction of sp³-hybridized carbons (Fsp3) is 0.333. The average Bonchev–Trinajstić information content (AvgIpc) is 2.46. The number of rotatable bonds is 7. The lowest BCUT2D eigenvalue weighted by Gasteiger charge is -2.05. The summed E-state index contributed by atoms with van der Waals surface area (Å²) in [6.07, 6.45) is 2.35. The van der Waals surface area contributed by atoms with Gasteiger partial charge in [0, 0.05) is 23.3 Å². The van der Waals surface area contributed by atoms with E-state index in [2.05, 4.69) is 27.9 Å². The first kappa shape index (κ1) is 16.7. The number of nitrogens with zero attached hydrogens (tertiary/aromatic N) is 1. The fourth-order valence-electron chi connectivity index (χ4n) is 1.51. The van der Waals surface area contributed by atoms with Crippen LogP contribution in [0.25, 0.3) is 6.08 Å². The number of carbonyl (C=O) groups is 1. The van der Waals surface area contributed by atoms with Crippen molar-refractivity contribution in [1.29, 1.82) is 5.26 Å². The van der Waals surface area contributed by atoms with Gasteiger partial charge in [0.1, 0.15) is 11.6 Å². The van der Waals surface area contributed by atoms with Crippen LogP contribution in [-0.4, -0.2) is 25.7 Å². The highest BCUT2D eigenvalue weighted by Gasteiger charge is 2.08. The Morgan fingerprint density at radius 2 is 2.25 bits per heavy atom. The van der Waals surface area contributed by atoms with E-state index in [0.717, 1.165) is 15.6 Å². The predicted octanol–water partition coefficient (Wildman–Crippen LogP) is 2.74. The Labute approximate surface area is 133 Å². The number of ether oxygens (including phenoxy) is 1. The molecule has 0 saturated heterocycles. The Bertz CT molecular complexity index is 521. The normalized spacial score (nSPS) is 10.9. The number of halogens is 1. The van der Waals surface area contributed by atoms with Crippen molar-refractivity contribution in [2.45, 2.75) is 13.3 Å². The molecule has 1 aromatic rings. The van der Waals surface area contributed by atoms with Gasteiger partial charge in [0.05, 0.1) is 0 Å². The third kappa shape index (κ3) is 5.72.